The first kappa shape index (κ1) is 22.1. The van der Waals surface area contributed by atoms with Gasteiger partial charge in [-0.1, -0.05) is 42.5 Å². The van der Waals surface area contributed by atoms with Gasteiger partial charge in [0.25, 0.3) is 5.91 Å². The van der Waals surface area contributed by atoms with Crippen LogP contribution in [0, 0.1) is 0 Å². The Bertz CT molecular complexity index is 1210. The number of amides is 2. The standard InChI is InChI=1S/C27H26N2O4/c1-3-29(18-20-10-14-23(32-2)15-11-20)26(30)16-19-8-12-22(13-9-19)28-27(31)25-17-21-6-4-5-7-24(21)33-25/h4-15,17H,3,16,18H2,1-2H3,(H,28,31). The van der Waals surface area contributed by atoms with Crippen LogP contribution in [0.1, 0.15) is 28.6 Å². The lowest BCUT2D eigenvalue weighted by Gasteiger charge is -2.21. The third kappa shape index (κ3) is 5.41. The van der Waals surface area contributed by atoms with E-state index in [-0.39, 0.29) is 17.6 Å². The molecule has 168 valence electrons. The van der Waals surface area contributed by atoms with Crippen LogP contribution in [0.5, 0.6) is 5.75 Å². The fourth-order valence-electron chi connectivity index (χ4n) is 3.61. The van der Waals surface area contributed by atoms with Crippen molar-refractivity contribution in [2.24, 2.45) is 0 Å². The average Bonchev–Trinajstić information content (AvgIpc) is 3.28. The van der Waals surface area contributed by atoms with Gasteiger partial charge in [-0.3, -0.25) is 9.59 Å². The zero-order valence-corrected chi connectivity index (χ0v) is 18.7. The summed E-state index contributed by atoms with van der Waals surface area (Å²) in [5.74, 6) is 0.784. The monoisotopic (exact) mass is 442 g/mol. The first-order chi connectivity index (χ1) is 16.1. The van der Waals surface area contributed by atoms with E-state index in [0.717, 1.165) is 22.3 Å². The normalized spacial score (nSPS) is 10.7. The number of furan rings is 1. The number of hydrogen-bond acceptors (Lipinski definition) is 4. The van der Waals surface area contributed by atoms with Crippen LogP contribution in [0.15, 0.2) is 83.3 Å². The van der Waals surface area contributed by atoms with Crippen molar-refractivity contribution in [3.63, 3.8) is 0 Å². The summed E-state index contributed by atoms with van der Waals surface area (Å²) >= 11 is 0. The molecule has 33 heavy (non-hydrogen) atoms. The molecule has 0 saturated heterocycles. The van der Waals surface area contributed by atoms with Gasteiger partial charge in [-0.05, 0) is 54.4 Å². The summed E-state index contributed by atoms with van der Waals surface area (Å²) in [6, 6.07) is 24.2. The largest absolute Gasteiger partial charge is 0.497 e. The molecule has 0 spiro atoms. The summed E-state index contributed by atoms with van der Waals surface area (Å²) in [5, 5.41) is 3.72. The first-order valence-electron chi connectivity index (χ1n) is 10.9. The molecule has 1 N–H and O–H groups in total. The van der Waals surface area contributed by atoms with Crippen LogP contribution >= 0.6 is 0 Å². The molecule has 6 heteroatoms. The molecule has 3 aromatic carbocycles. The molecular weight excluding hydrogens is 416 g/mol. The van der Waals surface area contributed by atoms with Gasteiger partial charge in [0.05, 0.1) is 13.5 Å². The van der Waals surface area contributed by atoms with E-state index in [1.807, 2.05) is 72.5 Å². The Kier molecular flexibility index (Phi) is 6.74. The summed E-state index contributed by atoms with van der Waals surface area (Å²) in [6.45, 7) is 3.14. The second kappa shape index (κ2) is 10.0. The van der Waals surface area contributed by atoms with Crippen molar-refractivity contribution in [3.8, 4) is 5.75 Å². The van der Waals surface area contributed by atoms with E-state index >= 15 is 0 Å². The van der Waals surface area contributed by atoms with E-state index in [1.165, 1.54) is 0 Å². The van der Waals surface area contributed by atoms with Gasteiger partial charge in [-0.15, -0.1) is 0 Å². The number of carbonyl (C=O) groups excluding carboxylic acids is 2. The first-order valence-corrected chi connectivity index (χ1v) is 10.9. The minimum absolute atomic E-state index is 0.0485. The van der Waals surface area contributed by atoms with Crippen LogP contribution in [0.4, 0.5) is 5.69 Å². The smallest absolute Gasteiger partial charge is 0.291 e. The van der Waals surface area contributed by atoms with Gasteiger partial charge < -0.3 is 19.4 Å². The van der Waals surface area contributed by atoms with Gasteiger partial charge in [0.2, 0.25) is 5.91 Å². The number of nitrogens with one attached hydrogen (secondary N) is 1. The highest BCUT2D eigenvalue weighted by Gasteiger charge is 2.15. The zero-order valence-electron chi connectivity index (χ0n) is 18.7. The Labute approximate surface area is 192 Å². The summed E-state index contributed by atoms with van der Waals surface area (Å²) < 4.78 is 10.8. The van der Waals surface area contributed by atoms with E-state index in [1.54, 1.807) is 25.3 Å². The van der Waals surface area contributed by atoms with E-state index in [2.05, 4.69) is 5.32 Å². The van der Waals surface area contributed by atoms with Crippen LogP contribution in [-0.4, -0.2) is 30.4 Å². The van der Waals surface area contributed by atoms with Crippen LogP contribution in [0.3, 0.4) is 0 Å². The molecule has 1 aromatic heterocycles. The van der Waals surface area contributed by atoms with E-state index in [9.17, 15) is 9.59 Å². The summed E-state index contributed by atoms with van der Waals surface area (Å²) in [6.07, 6.45) is 0.293. The predicted molar refractivity (Wildman–Crippen MR) is 128 cm³/mol. The third-order valence-electron chi connectivity index (χ3n) is 5.48. The molecule has 4 aromatic rings. The topological polar surface area (TPSA) is 71.8 Å². The average molecular weight is 443 g/mol. The number of nitrogens with zero attached hydrogens (tertiary/aromatic N) is 1. The number of fused-ring (bicyclic) bond motifs is 1. The zero-order chi connectivity index (χ0) is 23.2. The van der Waals surface area contributed by atoms with Crippen molar-refractivity contribution in [2.45, 2.75) is 19.9 Å². The maximum atomic E-state index is 12.8. The molecule has 6 nitrogen and oxygen atoms in total. The lowest BCUT2D eigenvalue weighted by atomic mass is 10.1. The molecule has 0 fully saturated rings. The Morgan fingerprint density at radius 3 is 2.30 bits per heavy atom. The number of methoxy groups -OCH3 is 1. The van der Waals surface area contributed by atoms with Gasteiger partial charge in [0.15, 0.2) is 5.76 Å². The molecule has 2 amide bonds. The molecule has 1 heterocycles. The van der Waals surface area contributed by atoms with Crippen LogP contribution in [-0.2, 0) is 17.8 Å². The van der Waals surface area contributed by atoms with Crippen molar-refractivity contribution < 1.29 is 18.7 Å². The van der Waals surface area contributed by atoms with Gasteiger partial charge >= 0.3 is 0 Å². The number of para-hydroxylation sites is 1. The summed E-state index contributed by atoms with van der Waals surface area (Å²) in [7, 11) is 1.63. The van der Waals surface area contributed by atoms with Crippen LogP contribution in [0.25, 0.3) is 11.0 Å². The maximum absolute atomic E-state index is 12.8. The van der Waals surface area contributed by atoms with Gasteiger partial charge in [0.1, 0.15) is 11.3 Å². The highest BCUT2D eigenvalue weighted by atomic mass is 16.5. The molecule has 0 radical (unpaired) electrons. The number of ether oxygens (including phenoxy) is 1. The van der Waals surface area contributed by atoms with Crippen molar-refractivity contribution in [1.82, 2.24) is 4.90 Å². The predicted octanol–water partition coefficient (Wildman–Crippen LogP) is 5.28. The molecule has 0 aliphatic carbocycles. The number of rotatable bonds is 8. The molecule has 0 unspecified atom stereocenters. The lowest BCUT2D eigenvalue weighted by molar-refractivity contribution is -0.130. The van der Waals surface area contributed by atoms with E-state index < -0.39 is 0 Å². The number of hydrogen-bond donors (Lipinski definition) is 1. The highest BCUT2D eigenvalue weighted by Crippen LogP contribution is 2.20. The quantitative estimate of drug-likeness (QED) is 0.403. The molecule has 0 bridgehead atoms. The highest BCUT2D eigenvalue weighted by molar-refractivity contribution is 6.04. The molecule has 0 atom stereocenters. The Morgan fingerprint density at radius 1 is 0.939 bits per heavy atom. The molecular formula is C27H26N2O4. The van der Waals surface area contributed by atoms with Crippen molar-refractivity contribution >= 4 is 28.5 Å². The summed E-state index contributed by atoms with van der Waals surface area (Å²) in [4.78, 5) is 27.2. The van der Waals surface area contributed by atoms with Crippen LogP contribution < -0.4 is 10.1 Å². The van der Waals surface area contributed by atoms with E-state index in [4.69, 9.17) is 9.15 Å². The number of anilines is 1. The Morgan fingerprint density at radius 2 is 1.64 bits per heavy atom. The maximum Gasteiger partial charge on any atom is 0.291 e. The van der Waals surface area contributed by atoms with Gasteiger partial charge in [0, 0.05) is 24.2 Å². The SMILES string of the molecule is CCN(Cc1ccc(OC)cc1)C(=O)Cc1ccc(NC(=O)c2cc3ccccc3o2)cc1. The second-order valence-electron chi connectivity index (χ2n) is 7.73. The molecule has 0 aliphatic heterocycles. The van der Waals surface area contributed by atoms with Crippen LogP contribution in [0.2, 0.25) is 0 Å². The minimum atomic E-state index is -0.313. The third-order valence-corrected chi connectivity index (χ3v) is 5.48. The fourth-order valence-corrected chi connectivity index (χ4v) is 3.61. The second-order valence-corrected chi connectivity index (χ2v) is 7.73. The minimum Gasteiger partial charge on any atom is -0.497 e. The lowest BCUT2D eigenvalue weighted by Crippen LogP contribution is -2.31. The van der Waals surface area contributed by atoms with Crippen molar-refractivity contribution in [1.29, 1.82) is 0 Å². The summed E-state index contributed by atoms with van der Waals surface area (Å²) in [5.41, 5.74) is 3.25. The Hall–Kier alpha value is -4.06. The van der Waals surface area contributed by atoms with Gasteiger partial charge in [-0.2, -0.15) is 0 Å². The number of benzene rings is 3. The van der Waals surface area contributed by atoms with Gasteiger partial charge in [-0.25, -0.2) is 0 Å². The fraction of sp³-hybridized carbons (Fsp3) is 0.185. The number of carbonyl (C=O) groups is 2. The van der Waals surface area contributed by atoms with Crippen molar-refractivity contribution in [3.05, 3.63) is 95.7 Å². The number of likely N-dealkylation sites (N-methyl/N-ethyl adjacent to an activating group) is 1. The van der Waals surface area contributed by atoms with Crippen molar-refractivity contribution in [2.75, 3.05) is 19.0 Å². The molecule has 4 rings (SSSR count). The van der Waals surface area contributed by atoms with E-state index in [0.29, 0.717) is 30.8 Å². The molecule has 0 saturated carbocycles. The molecule has 0 aliphatic rings. The Balaban J connectivity index is 1.35.